The summed E-state index contributed by atoms with van der Waals surface area (Å²) in [4.78, 5) is 10.4. The molecule has 0 aromatic carbocycles. The van der Waals surface area contributed by atoms with Gasteiger partial charge in [-0.05, 0) is 55.3 Å². The highest BCUT2D eigenvalue weighted by Crippen LogP contribution is 2.50. The van der Waals surface area contributed by atoms with Crippen molar-refractivity contribution in [2.24, 2.45) is 11.8 Å². The Labute approximate surface area is 133 Å². The molecule has 1 aromatic rings. The molecule has 2 bridgehead atoms. The maximum Gasteiger partial charge on any atom is 0.146 e. The van der Waals surface area contributed by atoms with Crippen molar-refractivity contribution < 1.29 is 4.84 Å². The van der Waals surface area contributed by atoms with E-state index in [4.69, 9.17) is 28.0 Å². The van der Waals surface area contributed by atoms with Crippen molar-refractivity contribution in [2.45, 2.75) is 37.7 Å². The Balaban J connectivity index is 1.47. The van der Waals surface area contributed by atoms with Gasteiger partial charge in [0.2, 0.25) is 0 Å². The lowest BCUT2D eigenvalue weighted by Gasteiger charge is -2.47. The van der Waals surface area contributed by atoms with Crippen molar-refractivity contribution in [3.8, 4) is 0 Å². The minimum atomic E-state index is -0.0590. The molecule has 0 radical (unpaired) electrons. The fourth-order valence-corrected chi connectivity index (χ4v) is 4.49. The molecule has 7 heteroatoms. The number of nitrogens with one attached hydrogen (secondary N) is 2. The summed E-state index contributed by atoms with van der Waals surface area (Å²) in [5.41, 5.74) is 6.28. The van der Waals surface area contributed by atoms with Crippen LogP contribution in [0.5, 0.6) is 0 Å². The van der Waals surface area contributed by atoms with E-state index in [0.717, 1.165) is 18.9 Å². The Hall–Kier alpha value is -0.590. The number of anilines is 1. The topological polar surface area (TPSA) is 49.4 Å². The van der Waals surface area contributed by atoms with E-state index in [2.05, 4.69) is 15.8 Å². The zero-order chi connectivity index (χ0) is 14.4. The first-order valence-electron chi connectivity index (χ1n) is 7.45. The monoisotopic (exact) mass is 328 g/mol. The first-order chi connectivity index (χ1) is 10.1. The van der Waals surface area contributed by atoms with Crippen molar-refractivity contribution in [1.82, 2.24) is 15.7 Å². The molecule has 1 saturated heterocycles. The molecule has 3 saturated carbocycles. The smallest absolute Gasteiger partial charge is 0.146 e. The van der Waals surface area contributed by atoms with Crippen LogP contribution in [-0.2, 0) is 4.84 Å². The van der Waals surface area contributed by atoms with E-state index in [1.807, 2.05) is 0 Å². The summed E-state index contributed by atoms with van der Waals surface area (Å²) in [6.07, 6.45) is 6.42. The molecule has 4 fully saturated rings. The lowest BCUT2D eigenvalue weighted by atomic mass is 9.62. The average Bonchev–Trinajstić information content (AvgIpc) is 2.81. The number of fused-ring (bicyclic) bond motifs is 2. The lowest BCUT2D eigenvalue weighted by Crippen LogP contribution is -2.50. The summed E-state index contributed by atoms with van der Waals surface area (Å²) in [6.45, 7) is 0.843. The molecule has 5 nitrogen and oxygen atoms in total. The quantitative estimate of drug-likeness (QED) is 0.815. The van der Waals surface area contributed by atoms with Crippen LogP contribution in [0.4, 0.5) is 5.82 Å². The van der Waals surface area contributed by atoms with Gasteiger partial charge in [-0.15, -0.1) is 0 Å². The van der Waals surface area contributed by atoms with E-state index in [1.165, 1.54) is 25.7 Å². The Morgan fingerprint density at radius 2 is 2.10 bits per heavy atom. The van der Waals surface area contributed by atoms with Gasteiger partial charge in [0.05, 0.1) is 0 Å². The fraction of sp³-hybridized carbons (Fsp3) is 0.643. The lowest BCUT2D eigenvalue weighted by molar-refractivity contribution is -0.235. The van der Waals surface area contributed by atoms with E-state index in [9.17, 15) is 0 Å². The summed E-state index contributed by atoms with van der Waals surface area (Å²) < 4.78 is 0. The van der Waals surface area contributed by atoms with Crippen LogP contribution >= 0.6 is 23.2 Å². The summed E-state index contributed by atoms with van der Waals surface area (Å²) >= 11 is 11.9. The largest absolute Gasteiger partial charge is 0.265 e. The van der Waals surface area contributed by atoms with Gasteiger partial charge >= 0.3 is 0 Å². The predicted molar refractivity (Wildman–Crippen MR) is 81.6 cm³/mol. The van der Waals surface area contributed by atoms with Crippen LogP contribution in [-0.4, -0.2) is 22.4 Å². The summed E-state index contributed by atoms with van der Waals surface area (Å²) in [7, 11) is 0. The number of halogens is 2. The number of rotatable bonds is 2. The maximum absolute atomic E-state index is 6.19. The molecule has 1 aromatic heterocycles. The van der Waals surface area contributed by atoms with Crippen molar-refractivity contribution >= 4 is 29.0 Å². The highest BCUT2D eigenvalue weighted by Gasteiger charge is 2.52. The minimum Gasteiger partial charge on any atom is -0.265 e. The maximum atomic E-state index is 6.19. The molecule has 114 valence electrons. The molecule has 2 N–H and O–H groups in total. The number of pyridine rings is 1. The molecular weight excluding hydrogens is 311 g/mol. The summed E-state index contributed by atoms with van der Waals surface area (Å²) in [5, 5.41) is 2.47. The van der Waals surface area contributed by atoms with Gasteiger partial charge in [-0.2, -0.15) is 0 Å². The molecular formula is C14H18Cl2N4O. The fourth-order valence-electron chi connectivity index (χ4n) is 4.02. The molecule has 4 aliphatic rings. The van der Waals surface area contributed by atoms with E-state index < -0.39 is 0 Å². The number of hydrazine groups is 2. The van der Waals surface area contributed by atoms with Gasteiger partial charge in [-0.3, -0.25) is 10.3 Å². The third-order valence-electron chi connectivity index (χ3n) is 4.99. The Bertz CT molecular complexity index is 530. The van der Waals surface area contributed by atoms with E-state index in [-0.39, 0.29) is 5.60 Å². The number of nitrogens with zero attached hydrogens (tertiary/aromatic N) is 2. The number of aromatic nitrogens is 1. The second-order valence-corrected chi connectivity index (χ2v) is 7.14. The summed E-state index contributed by atoms with van der Waals surface area (Å²) in [5.74, 6) is 2.03. The van der Waals surface area contributed by atoms with Gasteiger partial charge in [-0.1, -0.05) is 23.2 Å². The molecule has 2 heterocycles. The van der Waals surface area contributed by atoms with Crippen molar-refractivity contribution in [2.75, 3.05) is 12.0 Å². The molecule has 5 rings (SSSR count). The second kappa shape index (κ2) is 5.25. The normalized spacial score (nSPS) is 35.5. The van der Waals surface area contributed by atoms with Gasteiger partial charge < -0.3 is 0 Å². The van der Waals surface area contributed by atoms with E-state index in [1.54, 1.807) is 17.4 Å². The highest BCUT2D eigenvalue weighted by molar-refractivity contribution is 6.34. The first-order valence-corrected chi connectivity index (χ1v) is 8.21. The third-order valence-corrected chi connectivity index (χ3v) is 5.41. The van der Waals surface area contributed by atoms with Crippen LogP contribution in [0.2, 0.25) is 10.2 Å². The molecule has 1 spiro atoms. The Morgan fingerprint density at radius 3 is 2.76 bits per heavy atom. The Kier molecular flexibility index (Phi) is 3.51. The molecule has 0 unspecified atom stereocenters. The SMILES string of the molecule is Clc1cc(Cl)nc(NN2NC[C@]3(CC4CCC3CC4)O2)c1. The second-order valence-electron chi connectivity index (χ2n) is 6.31. The van der Waals surface area contributed by atoms with Crippen LogP contribution in [0.3, 0.4) is 0 Å². The van der Waals surface area contributed by atoms with Crippen LogP contribution < -0.4 is 10.9 Å². The van der Waals surface area contributed by atoms with Gasteiger partial charge in [0.1, 0.15) is 16.6 Å². The van der Waals surface area contributed by atoms with Crippen LogP contribution in [0.1, 0.15) is 32.1 Å². The van der Waals surface area contributed by atoms with E-state index in [0.29, 0.717) is 21.9 Å². The first kappa shape index (κ1) is 14.0. The molecule has 3 aliphatic carbocycles. The number of hydrogen-bond donors (Lipinski definition) is 2. The van der Waals surface area contributed by atoms with Crippen molar-refractivity contribution in [3.63, 3.8) is 0 Å². The molecule has 1 aliphatic heterocycles. The van der Waals surface area contributed by atoms with Gasteiger partial charge in [-0.25, -0.2) is 10.4 Å². The molecule has 0 amide bonds. The predicted octanol–water partition coefficient (Wildman–Crippen LogP) is 3.42. The van der Waals surface area contributed by atoms with Gasteiger partial charge in [0.15, 0.2) is 0 Å². The van der Waals surface area contributed by atoms with Crippen LogP contribution in [0.25, 0.3) is 0 Å². The van der Waals surface area contributed by atoms with Crippen LogP contribution in [0, 0.1) is 11.8 Å². The summed E-state index contributed by atoms with van der Waals surface area (Å²) in [6, 6.07) is 3.32. The van der Waals surface area contributed by atoms with Crippen molar-refractivity contribution in [3.05, 3.63) is 22.3 Å². The third kappa shape index (κ3) is 2.62. The van der Waals surface area contributed by atoms with E-state index >= 15 is 0 Å². The van der Waals surface area contributed by atoms with Crippen molar-refractivity contribution in [1.29, 1.82) is 0 Å². The zero-order valence-corrected chi connectivity index (χ0v) is 13.1. The van der Waals surface area contributed by atoms with Gasteiger partial charge in [0, 0.05) is 17.6 Å². The van der Waals surface area contributed by atoms with Crippen LogP contribution in [0.15, 0.2) is 12.1 Å². The zero-order valence-electron chi connectivity index (χ0n) is 11.6. The molecule has 21 heavy (non-hydrogen) atoms. The number of hydrogen-bond acceptors (Lipinski definition) is 5. The Morgan fingerprint density at radius 1 is 1.29 bits per heavy atom. The minimum absolute atomic E-state index is 0.0590. The van der Waals surface area contributed by atoms with Gasteiger partial charge in [0.25, 0.3) is 0 Å². The highest BCUT2D eigenvalue weighted by atomic mass is 35.5. The average molecular weight is 329 g/mol. The standard InChI is InChI=1S/C14H18Cl2N4O/c15-11-5-12(16)18-13(6-11)19-20-17-8-14(21-20)7-9-1-3-10(14)4-2-9/h5-6,9-10,17H,1-4,7-8H2,(H,18,19)/t9?,10?,14-/m0/s1. The molecule has 1 atom stereocenters.